The average molecular weight is 341 g/mol. The average Bonchev–Trinajstić information content (AvgIpc) is 2.89. The molecule has 3 rings (SSSR count). The minimum absolute atomic E-state index is 0.0493. The SMILES string of the molecule is CN1CC[C@@H](C(=O)N2CCCN(c3ncccc3C#N)CC2)CC1=O. The quantitative estimate of drug-likeness (QED) is 0.797. The molecule has 25 heavy (non-hydrogen) atoms. The maximum atomic E-state index is 12.8. The monoisotopic (exact) mass is 341 g/mol. The summed E-state index contributed by atoms with van der Waals surface area (Å²) in [6.45, 7) is 3.35. The van der Waals surface area contributed by atoms with E-state index in [0.29, 0.717) is 44.0 Å². The normalized spacial score (nSPS) is 21.7. The molecular formula is C18H23N5O2. The van der Waals surface area contributed by atoms with Crippen LogP contribution in [-0.4, -0.2) is 66.4 Å². The van der Waals surface area contributed by atoms with E-state index < -0.39 is 0 Å². The summed E-state index contributed by atoms with van der Waals surface area (Å²) < 4.78 is 0. The highest BCUT2D eigenvalue weighted by Crippen LogP contribution is 2.22. The topological polar surface area (TPSA) is 80.5 Å². The van der Waals surface area contributed by atoms with Crippen LogP contribution in [0.15, 0.2) is 18.3 Å². The maximum absolute atomic E-state index is 12.8. The predicted octanol–water partition coefficient (Wildman–Crippen LogP) is 0.860. The lowest BCUT2D eigenvalue weighted by Gasteiger charge is -2.31. The summed E-state index contributed by atoms with van der Waals surface area (Å²) in [4.78, 5) is 34.7. The van der Waals surface area contributed by atoms with Gasteiger partial charge in [-0.25, -0.2) is 4.98 Å². The minimum Gasteiger partial charge on any atom is -0.354 e. The van der Waals surface area contributed by atoms with Crippen LogP contribution in [0.3, 0.4) is 0 Å². The van der Waals surface area contributed by atoms with Crippen LogP contribution >= 0.6 is 0 Å². The summed E-state index contributed by atoms with van der Waals surface area (Å²) in [6, 6.07) is 5.70. The van der Waals surface area contributed by atoms with E-state index >= 15 is 0 Å². The van der Waals surface area contributed by atoms with Gasteiger partial charge in [-0.3, -0.25) is 9.59 Å². The molecule has 7 nitrogen and oxygen atoms in total. The molecule has 0 aliphatic carbocycles. The molecule has 132 valence electrons. The third-order valence-corrected chi connectivity index (χ3v) is 5.02. The van der Waals surface area contributed by atoms with Crippen molar-refractivity contribution >= 4 is 17.6 Å². The van der Waals surface area contributed by atoms with E-state index in [2.05, 4.69) is 16.0 Å². The maximum Gasteiger partial charge on any atom is 0.226 e. The molecule has 0 unspecified atom stereocenters. The van der Waals surface area contributed by atoms with Gasteiger partial charge in [-0.1, -0.05) is 0 Å². The fourth-order valence-corrected chi connectivity index (χ4v) is 3.50. The molecule has 3 heterocycles. The molecule has 2 aliphatic heterocycles. The fraction of sp³-hybridized carbons (Fsp3) is 0.556. The molecule has 2 amide bonds. The van der Waals surface area contributed by atoms with Gasteiger partial charge < -0.3 is 14.7 Å². The molecular weight excluding hydrogens is 318 g/mol. The highest BCUT2D eigenvalue weighted by Gasteiger charge is 2.32. The van der Waals surface area contributed by atoms with Crippen LogP contribution in [0.4, 0.5) is 5.82 Å². The first-order valence-electron chi connectivity index (χ1n) is 8.73. The zero-order chi connectivity index (χ0) is 17.8. The summed E-state index contributed by atoms with van der Waals surface area (Å²) in [5, 5.41) is 9.26. The van der Waals surface area contributed by atoms with Crippen molar-refractivity contribution in [2.75, 3.05) is 44.7 Å². The van der Waals surface area contributed by atoms with Crippen LogP contribution in [0.25, 0.3) is 0 Å². The minimum atomic E-state index is -0.195. The molecule has 2 aliphatic rings. The summed E-state index contributed by atoms with van der Waals surface area (Å²) in [6.07, 6.45) is 3.57. The first-order chi connectivity index (χ1) is 12.1. The molecule has 0 N–H and O–H groups in total. The number of aromatic nitrogens is 1. The Balaban J connectivity index is 1.65. The molecule has 0 saturated carbocycles. The van der Waals surface area contributed by atoms with Crippen molar-refractivity contribution in [3.8, 4) is 6.07 Å². The Kier molecular flexibility index (Phi) is 5.17. The van der Waals surface area contributed by atoms with Gasteiger partial charge in [-0.15, -0.1) is 0 Å². The Bertz CT molecular complexity index is 699. The summed E-state index contributed by atoms with van der Waals surface area (Å²) in [5.41, 5.74) is 0.559. The zero-order valence-electron chi connectivity index (χ0n) is 14.5. The molecule has 2 saturated heterocycles. The van der Waals surface area contributed by atoms with Crippen LogP contribution in [0.2, 0.25) is 0 Å². The number of hydrogen-bond donors (Lipinski definition) is 0. The van der Waals surface area contributed by atoms with Gasteiger partial charge in [-0.05, 0) is 25.0 Å². The third kappa shape index (κ3) is 3.73. The lowest BCUT2D eigenvalue weighted by molar-refractivity contribution is -0.144. The lowest BCUT2D eigenvalue weighted by Crippen LogP contribution is -2.45. The molecule has 0 spiro atoms. The Labute approximate surface area is 147 Å². The highest BCUT2D eigenvalue weighted by molar-refractivity contribution is 5.87. The van der Waals surface area contributed by atoms with E-state index in [1.165, 1.54) is 0 Å². The number of likely N-dealkylation sites (tertiary alicyclic amines) is 1. The Morgan fingerprint density at radius 2 is 2.12 bits per heavy atom. The third-order valence-electron chi connectivity index (χ3n) is 5.02. The molecule has 7 heteroatoms. The highest BCUT2D eigenvalue weighted by atomic mass is 16.2. The van der Waals surface area contributed by atoms with Crippen molar-refractivity contribution < 1.29 is 9.59 Å². The summed E-state index contributed by atoms with van der Waals surface area (Å²) in [7, 11) is 1.78. The molecule has 0 radical (unpaired) electrons. The molecule has 0 aromatic carbocycles. The number of carbonyl (C=O) groups is 2. The number of amides is 2. The second-order valence-electron chi connectivity index (χ2n) is 6.66. The van der Waals surface area contributed by atoms with E-state index in [-0.39, 0.29) is 17.7 Å². The van der Waals surface area contributed by atoms with Crippen molar-refractivity contribution in [2.45, 2.75) is 19.3 Å². The van der Waals surface area contributed by atoms with E-state index in [4.69, 9.17) is 0 Å². The Morgan fingerprint density at radius 3 is 2.88 bits per heavy atom. The number of pyridine rings is 1. The van der Waals surface area contributed by atoms with E-state index in [0.717, 1.165) is 19.4 Å². The van der Waals surface area contributed by atoms with Crippen molar-refractivity contribution in [3.63, 3.8) is 0 Å². The van der Waals surface area contributed by atoms with Crippen molar-refractivity contribution in [2.24, 2.45) is 5.92 Å². The standard InChI is InChI=1S/C18H23N5O2/c1-21-9-5-14(12-16(21)24)18(25)23-8-3-7-22(10-11-23)17-15(13-19)4-2-6-20-17/h2,4,6,14H,3,5,7-12H2,1H3/t14-/m1/s1. The number of hydrogen-bond acceptors (Lipinski definition) is 5. The lowest BCUT2D eigenvalue weighted by atomic mass is 9.95. The largest absolute Gasteiger partial charge is 0.354 e. The van der Waals surface area contributed by atoms with Gasteiger partial charge in [-0.2, -0.15) is 5.26 Å². The predicted molar refractivity (Wildman–Crippen MR) is 92.7 cm³/mol. The number of anilines is 1. The molecule has 1 atom stereocenters. The van der Waals surface area contributed by atoms with Crippen LogP contribution < -0.4 is 4.90 Å². The van der Waals surface area contributed by atoms with Gasteiger partial charge in [0.1, 0.15) is 11.9 Å². The van der Waals surface area contributed by atoms with Crippen molar-refractivity contribution in [1.82, 2.24) is 14.8 Å². The molecule has 1 aromatic rings. The smallest absolute Gasteiger partial charge is 0.226 e. The van der Waals surface area contributed by atoms with Crippen LogP contribution in [0.5, 0.6) is 0 Å². The zero-order valence-corrected chi connectivity index (χ0v) is 14.5. The molecule has 1 aromatic heterocycles. The summed E-state index contributed by atoms with van der Waals surface area (Å²) >= 11 is 0. The number of nitrogens with zero attached hydrogens (tertiary/aromatic N) is 5. The van der Waals surface area contributed by atoms with Crippen LogP contribution in [0, 0.1) is 17.2 Å². The van der Waals surface area contributed by atoms with Crippen molar-refractivity contribution in [1.29, 1.82) is 5.26 Å². The number of piperidine rings is 1. The second kappa shape index (κ2) is 7.51. The second-order valence-corrected chi connectivity index (χ2v) is 6.66. The van der Waals surface area contributed by atoms with Gasteiger partial charge in [0.2, 0.25) is 11.8 Å². The first kappa shape index (κ1) is 17.2. The van der Waals surface area contributed by atoms with Crippen LogP contribution in [-0.2, 0) is 9.59 Å². The number of carbonyl (C=O) groups excluding carboxylic acids is 2. The van der Waals surface area contributed by atoms with Gasteiger partial charge in [0.05, 0.1) is 5.56 Å². The van der Waals surface area contributed by atoms with Gasteiger partial charge in [0.25, 0.3) is 0 Å². The van der Waals surface area contributed by atoms with Gasteiger partial charge in [0, 0.05) is 58.3 Å². The fourth-order valence-electron chi connectivity index (χ4n) is 3.50. The van der Waals surface area contributed by atoms with Gasteiger partial charge in [0.15, 0.2) is 0 Å². The number of nitriles is 1. The van der Waals surface area contributed by atoms with Crippen LogP contribution in [0.1, 0.15) is 24.8 Å². The molecule has 2 fully saturated rings. The Morgan fingerprint density at radius 1 is 1.28 bits per heavy atom. The van der Waals surface area contributed by atoms with Gasteiger partial charge >= 0.3 is 0 Å². The number of rotatable bonds is 2. The molecule has 0 bridgehead atoms. The van der Waals surface area contributed by atoms with E-state index in [1.54, 1.807) is 30.3 Å². The Hall–Kier alpha value is -2.62. The van der Waals surface area contributed by atoms with Crippen molar-refractivity contribution in [3.05, 3.63) is 23.9 Å². The van der Waals surface area contributed by atoms with E-state index in [1.807, 2.05) is 4.90 Å². The van der Waals surface area contributed by atoms with E-state index in [9.17, 15) is 14.9 Å². The first-order valence-corrected chi connectivity index (χ1v) is 8.73. The summed E-state index contributed by atoms with van der Waals surface area (Å²) in [5.74, 6) is 0.631.